The summed E-state index contributed by atoms with van der Waals surface area (Å²) in [6.45, 7) is 0.445. The summed E-state index contributed by atoms with van der Waals surface area (Å²) >= 11 is 0. The molecule has 0 saturated carbocycles. The number of carbonyl (C=O) groups excluding carboxylic acids is 2. The van der Waals surface area contributed by atoms with Crippen LogP contribution in [0.25, 0.3) is 5.65 Å². The number of nitrogens with zero attached hydrogens (tertiary/aromatic N) is 3. The van der Waals surface area contributed by atoms with Crippen LogP contribution in [0.1, 0.15) is 24.8 Å². The molecule has 1 aliphatic rings. The number of imide groups is 1. The number of hydrogen-bond acceptors (Lipinski definition) is 4. The van der Waals surface area contributed by atoms with Crippen LogP contribution in [0.15, 0.2) is 24.5 Å². The quantitative estimate of drug-likeness (QED) is 0.651. The number of hydrogen-bond donors (Lipinski definition) is 2. The van der Waals surface area contributed by atoms with Gasteiger partial charge in [0.05, 0.1) is 11.8 Å². The van der Waals surface area contributed by atoms with Crippen LogP contribution in [0, 0.1) is 11.8 Å². The average molecular weight is 312 g/mol. The van der Waals surface area contributed by atoms with E-state index in [0.29, 0.717) is 30.9 Å². The maximum absolute atomic E-state index is 12.0. The van der Waals surface area contributed by atoms with E-state index in [0.717, 1.165) is 5.56 Å². The summed E-state index contributed by atoms with van der Waals surface area (Å²) in [7, 11) is 0. The molecule has 3 amide bonds. The number of imidazole rings is 1. The number of fused-ring (bicyclic) bond motifs is 1. The Kier molecular flexibility index (Phi) is 4.26. The highest BCUT2D eigenvalue weighted by atomic mass is 16.3. The average Bonchev–Trinajstić information content (AvgIpc) is 2.96. The van der Waals surface area contributed by atoms with Crippen molar-refractivity contribution in [3.8, 4) is 11.8 Å². The Morgan fingerprint density at radius 1 is 1.39 bits per heavy atom. The molecule has 0 aliphatic carbocycles. The first-order valence-electron chi connectivity index (χ1n) is 7.38. The molecule has 0 radical (unpaired) electrons. The molecule has 1 aliphatic heterocycles. The highest BCUT2D eigenvalue weighted by molar-refractivity contribution is 6.05. The largest absolute Gasteiger partial charge is 0.396 e. The molecule has 3 rings (SSSR count). The van der Waals surface area contributed by atoms with Crippen LogP contribution in [-0.2, 0) is 4.79 Å². The second kappa shape index (κ2) is 6.50. The van der Waals surface area contributed by atoms with Crippen LogP contribution in [0.5, 0.6) is 0 Å². The molecule has 0 unspecified atom stereocenters. The third-order valence-corrected chi connectivity index (χ3v) is 3.53. The predicted molar refractivity (Wildman–Crippen MR) is 83.9 cm³/mol. The van der Waals surface area contributed by atoms with E-state index in [1.54, 1.807) is 16.8 Å². The molecule has 1 fully saturated rings. The van der Waals surface area contributed by atoms with Gasteiger partial charge in [0.25, 0.3) is 0 Å². The van der Waals surface area contributed by atoms with Gasteiger partial charge < -0.3 is 5.11 Å². The van der Waals surface area contributed by atoms with Gasteiger partial charge in [-0.15, -0.1) is 0 Å². The second-order valence-electron chi connectivity index (χ2n) is 5.12. The fraction of sp³-hybridized carbons (Fsp3) is 0.312. The highest BCUT2D eigenvalue weighted by Gasteiger charge is 2.26. The summed E-state index contributed by atoms with van der Waals surface area (Å²) in [6, 6.07) is 3.25. The number of aliphatic hydroxyl groups excluding tert-OH is 1. The zero-order valence-electron chi connectivity index (χ0n) is 12.5. The van der Waals surface area contributed by atoms with Crippen LogP contribution in [0.4, 0.5) is 10.6 Å². The second-order valence-corrected chi connectivity index (χ2v) is 5.12. The van der Waals surface area contributed by atoms with Gasteiger partial charge >= 0.3 is 6.03 Å². The normalized spacial score (nSPS) is 14.6. The number of rotatable bonds is 3. The lowest BCUT2D eigenvalue weighted by Gasteiger charge is -2.25. The third-order valence-electron chi connectivity index (χ3n) is 3.53. The number of nitrogens with one attached hydrogen (secondary N) is 1. The number of urea groups is 1. The number of amides is 3. The van der Waals surface area contributed by atoms with Crippen molar-refractivity contribution in [3.63, 3.8) is 0 Å². The minimum absolute atomic E-state index is 0.120. The molecule has 2 aromatic heterocycles. The van der Waals surface area contributed by atoms with E-state index < -0.39 is 6.03 Å². The molecular formula is C16H16N4O3. The smallest absolute Gasteiger partial charge is 0.329 e. The van der Waals surface area contributed by atoms with Gasteiger partial charge in [-0.3, -0.25) is 19.4 Å². The lowest BCUT2D eigenvalue weighted by atomic mass is 10.2. The van der Waals surface area contributed by atoms with Gasteiger partial charge in [-0.05, 0) is 18.6 Å². The van der Waals surface area contributed by atoms with Crippen LogP contribution in [-0.4, -0.2) is 39.6 Å². The summed E-state index contributed by atoms with van der Waals surface area (Å²) in [6.07, 6.45) is 4.92. The fourth-order valence-corrected chi connectivity index (χ4v) is 2.40. The Morgan fingerprint density at radius 3 is 3.04 bits per heavy atom. The Balaban J connectivity index is 1.93. The number of aliphatic hydroxyl groups is 1. The number of anilines is 1. The molecule has 3 heterocycles. The van der Waals surface area contributed by atoms with Crippen LogP contribution in [0.2, 0.25) is 0 Å². The van der Waals surface area contributed by atoms with E-state index in [-0.39, 0.29) is 18.9 Å². The van der Waals surface area contributed by atoms with E-state index in [1.807, 2.05) is 12.1 Å². The van der Waals surface area contributed by atoms with Crippen molar-refractivity contribution in [1.29, 1.82) is 0 Å². The Hall–Kier alpha value is -2.85. The first-order chi connectivity index (χ1) is 11.2. The zero-order valence-corrected chi connectivity index (χ0v) is 12.5. The zero-order chi connectivity index (χ0) is 16.2. The van der Waals surface area contributed by atoms with Gasteiger partial charge in [0.15, 0.2) is 5.65 Å². The number of aromatic nitrogens is 2. The van der Waals surface area contributed by atoms with Crippen LogP contribution < -0.4 is 10.2 Å². The Bertz CT molecular complexity index is 816. The lowest BCUT2D eigenvalue weighted by molar-refractivity contribution is -0.120. The van der Waals surface area contributed by atoms with Crippen molar-refractivity contribution in [3.05, 3.63) is 30.1 Å². The summed E-state index contributed by atoms with van der Waals surface area (Å²) in [5.41, 5.74) is 1.41. The van der Waals surface area contributed by atoms with E-state index in [4.69, 9.17) is 5.11 Å². The monoisotopic (exact) mass is 312 g/mol. The van der Waals surface area contributed by atoms with Gasteiger partial charge in [0, 0.05) is 32.2 Å². The molecule has 2 N–H and O–H groups in total. The summed E-state index contributed by atoms with van der Waals surface area (Å²) in [5.74, 6) is 6.37. The van der Waals surface area contributed by atoms with Crippen molar-refractivity contribution >= 4 is 23.4 Å². The number of carbonyl (C=O) groups is 2. The predicted octanol–water partition coefficient (Wildman–Crippen LogP) is 0.905. The van der Waals surface area contributed by atoms with E-state index in [1.165, 1.54) is 4.90 Å². The van der Waals surface area contributed by atoms with Gasteiger partial charge in [0.1, 0.15) is 5.82 Å². The first-order valence-corrected chi connectivity index (χ1v) is 7.38. The molecule has 7 heteroatoms. The van der Waals surface area contributed by atoms with E-state index in [9.17, 15) is 9.59 Å². The maximum Gasteiger partial charge on any atom is 0.329 e. The standard InChI is InChI=1S/C16H16N4O3/c21-10-3-1-2-5-12-6-4-8-19-14(11-17-15(12)19)20-9-7-13(22)18-16(20)23/h4,6,8,11,21H,1,3,7,9-10H2,(H,18,22,23). The van der Waals surface area contributed by atoms with E-state index >= 15 is 0 Å². The maximum atomic E-state index is 12.0. The van der Waals surface area contributed by atoms with Crippen LogP contribution in [0.3, 0.4) is 0 Å². The third kappa shape index (κ3) is 3.03. The minimum atomic E-state index is -0.442. The summed E-state index contributed by atoms with van der Waals surface area (Å²) in [5, 5.41) is 11.1. The first kappa shape index (κ1) is 15.1. The molecule has 118 valence electrons. The fourth-order valence-electron chi connectivity index (χ4n) is 2.40. The molecule has 2 aromatic rings. The van der Waals surface area contributed by atoms with Gasteiger partial charge in [-0.2, -0.15) is 0 Å². The SMILES string of the molecule is O=C1CCN(c2cnc3c(C#CCCCO)cccn23)C(=O)N1. The molecule has 0 spiro atoms. The van der Waals surface area contributed by atoms with Gasteiger partial charge in [-0.25, -0.2) is 9.78 Å². The summed E-state index contributed by atoms with van der Waals surface area (Å²) in [4.78, 5) is 29.1. The molecular weight excluding hydrogens is 296 g/mol. The van der Waals surface area contributed by atoms with Crippen molar-refractivity contribution in [2.75, 3.05) is 18.1 Å². The van der Waals surface area contributed by atoms with Crippen molar-refractivity contribution in [2.45, 2.75) is 19.3 Å². The van der Waals surface area contributed by atoms with Crippen molar-refractivity contribution < 1.29 is 14.7 Å². The highest BCUT2D eigenvalue weighted by Crippen LogP contribution is 2.20. The molecule has 0 aromatic carbocycles. The van der Waals surface area contributed by atoms with Gasteiger partial charge in [-0.1, -0.05) is 11.8 Å². The van der Waals surface area contributed by atoms with Crippen LogP contribution >= 0.6 is 0 Å². The molecule has 23 heavy (non-hydrogen) atoms. The lowest BCUT2D eigenvalue weighted by Crippen LogP contribution is -2.50. The van der Waals surface area contributed by atoms with Crippen molar-refractivity contribution in [2.24, 2.45) is 0 Å². The summed E-state index contributed by atoms with van der Waals surface area (Å²) < 4.78 is 1.78. The molecule has 7 nitrogen and oxygen atoms in total. The Labute approximate surface area is 132 Å². The molecule has 0 atom stereocenters. The minimum Gasteiger partial charge on any atom is -0.396 e. The number of pyridine rings is 1. The Morgan fingerprint density at radius 2 is 2.26 bits per heavy atom. The molecule has 0 bridgehead atoms. The number of unbranched alkanes of at least 4 members (excludes halogenated alkanes) is 1. The van der Waals surface area contributed by atoms with Crippen molar-refractivity contribution in [1.82, 2.24) is 14.7 Å². The van der Waals surface area contributed by atoms with Gasteiger partial charge in [0.2, 0.25) is 5.91 Å². The molecule has 1 saturated heterocycles. The van der Waals surface area contributed by atoms with E-state index in [2.05, 4.69) is 22.1 Å². The topological polar surface area (TPSA) is 86.9 Å².